The van der Waals surface area contributed by atoms with Gasteiger partial charge in [-0.3, -0.25) is 4.79 Å². The van der Waals surface area contributed by atoms with Crippen molar-refractivity contribution in [3.8, 4) is 28.3 Å². The van der Waals surface area contributed by atoms with Gasteiger partial charge in [0, 0.05) is 55.5 Å². The Morgan fingerprint density at radius 2 is 1.72 bits per heavy atom. The second-order valence-electron chi connectivity index (χ2n) is 8.14. The van der Waals surface area contributed by atoms with E-state index in [1.807, 2.05) is 54.6 Å². The van der Waals surface area contributed by atoms with Crippen LogP contribution in [0.5, 0.6) is 5.75 Å². The van der Waals surface area contributed by atoms with Crippen molar-refractivity contribution in [1.29, 1.82) is 0 Å². The lowest BCUT2D eigenvalue weighted by molar-refractivity contribution is 0.0949. The highest BCUT2D eigenvalue weighted by Crippen LogP contribution is 2.27. The first kappa shape index (κ1) is 22.0. The van der Waals surface area contributed by atoms with Crippen molar-refractivity contribution in [2.75, 3.05) is 53.4 Å². The number of aromatic nitrogens is 1. The monoisotopic (exact) mass is 434 g/mol. The van der Waals surface area contributed by atoms with Crippen LogP contribution in [-0.2, 0) is 0 Å². The van der Waals surface area contributed by atoms with Crippen LogP contribution in [0.2, 0.25) is 0 Å². The van der Waals surface area contributed by atoms with Crippen LogP contribution in [0.15, 0.2) is 59.1 Å². The fourth-order valence-electron chi connectivity index (χ4n) is 3.77. The number of carbonyl (C=O) groups is 1. The van der Waals surface area contributed by atoms with Crippen molar-refractivity contribution in [3.63, 3.8) is 0 Å². The summed E-state index contributed by atoms with van der Waals surface area (Å²) in [6, 6.07) is 17.0. The number of methoxy groups -OCH3 is 1. The zero-order chi connectivity index (χ0) is 22.3. The number of likely N-dealkylation sites (N-methyl/N-ethyl adjacent to an activating group) is 1. The summed E-state index contributed by atoms with van der Waals surface area (Å²) in [6.07, 6.45) is 0.959. The van der Waals surface area contributed by atoms with E-state index < -0.39 is 0 Å². The van der Waals surface area contributed by atoms with E-state index in [0.717, 1.165) is 61.7 Å². The second kappa shape index (κ2) is 10.4. The molecule has 1 saturated heterocycles. The molecule has 0 radical (unpaired) electrons. The summed E-state index contributed by atoms with van der Waals surface area (Å²) >= 11 is 0. The van der Waals surface area contributed by atoms with Crippen LogP contribution in [0.3, 0.4) is 0 Å². The summed E-state index contributed by atoms with van der Waals surface area (Å²) in [7, 11) is 3.80. The zero-order valence-electron chi connectivity index (χ0n) is 18.7. The van der Waals surface area contributed by atoms with Gasteiger partial charge in [-0.05, 0) is 56.4 Å². The van der Waals surface area contributed by atoms with E-state index in [9.17, 15) is 4.79 Å². The predicted octanol–water partition coefficient (Wildman–Crippen LogP) is 3.38. The lowest BCUT2D eigenvalue weighted by Crippen LogP contribution is -2.45. The summed E-state index contributed by atoms with van der Waals surface area (Å²) < 4.78 is 10.7. The summed E-state index contributed by atoms with van der Waals surface area (Å²) in [5.41, 5.74) is 3.21. The molecule has 2 aromatic carbocycles. The Bertz CT molecular complexity index is 1010. The molecule has 0 unspecified atom stereocenters. The third-order valence-corrected chi connectivity index (χ3v) is 5.86. The van der Waals surface area contributed by atoms with Gasteiger partial charge in [0.1, 0.15) is 11.4 Å². The summed E-state index contributed by atoms with van der Waals surface area (Å²) in [5, 5.41) is 7.20. The van der Waals surface area contributed by atoms with E-state index in [2.05, 4.69) is 27.3 Å². The van der Waals surface area contributed by atoms with E-state index in [0.29, 0.717) is 17.9 Å². The zero-order valence-corrected chi connectivity index (χ0v) is 18.7. The fourth-order valence-corrected chi connectivity index (χ4v) is 3.77. The molecule has 2 heterocycles. The molecule has 7 nitrogen and oxygen atoms in total. The van der Waals surface area contributed by atoms with Crippen LogP contribution in [0, 0.1) is 0 Å². The van der Waals surface area contributed by atoms with Gasteiger partial charge in [-0.1, -0.05) is 17.3 Å². The molecule has 0 spiro atoms. The SMILES string of the molecule is COc1ccc(-c2cc(-c3ccc(C(=O)NCCCN4CCN(C)CC4)cc3)no2)cc1. The quantitative estimate of drug-likeness (QED) is 0.548. The predicted molar refractivity (Wildman–Crippen MR) is 125 cm³/mol. The first-order chi connectivity index (χ1) is 15.6. The van der Waals surface area contributed by atoms with E-state index >= 15 is 0 Å². The van der Waals surface area contributed by atoms with Crippen molar-refractivity contribution >= 4 is 5.91 Å². The van der Waals surface area contributed by atoms with Gasteiger partial charge in [0.25, 0.3) is 5.91 Å². The average Bonchev–Trinajstić information content (AvgIpc) is 3.33. The maximum atomic E-state index is 12.5. The molecule has 7 heteroatoms. The van der Waals surface area contributed by atoms with Crippen molar-refractivity contribution in [2.45, 2.75) is 6.42 Å². The Morgan fingerprint density at radius 3 is 2.41 bits per heavy atom. The molecule has 0 saturated carbocycles. The molecule has 0 atom stereocenters. The number of rotatable bonds is 8. The number of hydrogen-bond acceptors (Lipinski definition) is 6. The van der Waals surface area contributed by atoms with E-state index in [4.69, 9.17) is 9.26 Å². The smallest absolute Gasteiger partial charge is 0.251 e. The minimum Gasteiger partial charge on any atom is -0.497 e. The van der Waals surface area contributed by atoms with Gasteiger partial charge in [0.15, 0.2) is 5.76 Å². The minimum absolute atomic E-state index is 0.0472. The second-order valence-corrected chi connectivity index (χ2v) is 8.14. The van der Waals surface area contributed by atoms with E-state index in [-0.39, 0.29) is 5.91 Å². The minimum atomic E-state index is -0.0472. The van der Waals surface area contributed by atoms with Crippen LogP contribution >= 0.6 is 0 Å². The van der Waals surface area contributed by atoms with Gasteiger partial charge in [0.05, 0.1) is 7.11 Å². The number of hydrogen-bond donors (Lipinski definition) is 1. The Labute approximate surface area is 188 Å². The highest BCUT2D eigenvalue weighted by Gasteiger charge is 2.14. The summed E-state index contributed by atoms with van der Waals surface area (Å²) in [4.78, 5) is 17.3. The Balaban J connectivity index is 1.28. The number of piperazine rings is 1. The van der Waals surface area contributed by atoms with Crippen LogP contribution in [0.1, 0.15) is 16.8 Å². The van der Waals surface area contributed by atoms with E-state index in [1.54, 1.807) is 7.11 Å². The third kappa shape index (κ3) is 5.55. The highest BCUT2D eigenvalue weighted by molar-refractivity contribution is 5.94. The molecule has 0 bridgehead atoms. The maximum absolute atomic E-state index is 12.5. The van der Waals surface area contributed by atoms with Crippen LogP contribution in [0.4, 0.5) is 0 Å². The lowest BCUT2D eigenvalue weighted by atomic mass is 10.1. The Kier molecular flexibility index (Phi) is 7.19. The number of amides is 1. The molecular formula is C25H30N4O3. The molecule has 0 aliphatic carbocycles. The molecule has 1 aliphatic rings. The molecule has 1 N–H and O–H groups in total. The standard InChI is InChI=1S/C25H30N4O3/c1-28-14-16-29(17-15-28)13-3-12-26-25(30)21-6-4-19(5-7-21)23-18-24(32-27-23)20-8-10-22(31-2)11-9-20/h4-11,18H,3,12-17H2,1-2H3,(H,26,30). The largest absolute Gasteiger partial charge is 0.497 e. The highest BCUT2D eigenvalue weighted by atomic mass is 16.5. The molecule has 1 aliphatic heterocycles. The maximum Gasteiger partial charge on any atom is 0.251 e. The van der Waals surface area contributed by atoms with Crippen LogP contribution in [0.25, 0.3) is 22.6 Å². The number of nitrogens with one attached hydrogen (secondary N) is 1. The first-order valence-corrected chi connectivity index (χ1v) is 11.0. The Hall–Kier alpha value is -3.16. The van der Waals surface area contributed by atoms with Gasteiger partial charge >= 0.3 is 0 Å². The molecule has 1 amide bonds. The number of nitrogens with zero attached hydrogens (tertiary/aromatic N) is 3. The molecule has 168 valence electrons. The molecular weight excluding hydrogens is 404 g/mol. The average molecular weight is 435 g/mol. The molecule has 3 aromatic rings. The van der Waals surface area contributed by atoms with Gasteiger partial charge in [0.2, 0.25) is 0 Å². The molecule has 1 aromatic heterocycles. The van der Waals surface area contributed by atoms with Crippen molar-refractivity contribution in [2.24, 2.45) is 0 Å². The van der Waals surface area contributed by atoms with Gasteiger partial charge in [-0.15, -0.1) is 0 Å². The van der Waals surface area contributed by atoms with Gasteiger partial charge < -0.3 is 24.4 Å². The summed E-state index contributed by atoms with van der Waals surface area (Å²) in [5.74, 6) is 1.43. The van der Waals surface area contributed by atoms with Crippen molar-refractivity contribution in [3.05, 3.63) is 60.2 Å². The normalized spacial score (nSPS) is 14.9. The van der Waals surface area contributed by atoms with E-state index in [1.165, 1.54) is 0 Å². The lowest BCUT2D eigenvalue weighted by Gasteiger charge is -2.32. The first-order valence-electron chi connectivity index (χ1n) is 11.0. The van der Waals surface area contributed by atoms with Gasteiger partial charge in [-0.25, -0.2) is 0 Å². The van der Waals surface area contributed by atoms with Crippen LogP contribution in [-0.4, -0.2) is 74.3 Å². The number of benzene rings is 2. The van der Waals surface area contributed by atoms with Crippen LogP contribution < -0.4 is 10.1 Å². The molecule has 32 heavy (non-hydrogen) atoms. The molecule has 1 fully saturated rings. The topological polar surface area (TPSA) is 70.8 Å². The fraction of sp³-hybridized carbons (Fsp3) is 0.360. The van der Waals surface area contributed by atoms with Crippen molar-refractivity contribution < 1.29 is 14.1 Å². The Morgan fingerprint density at radius 1 is 1.03 bits per heavy atom. The third-order valence-electron chi connectivity index (χ3n) is 5.86. The number of ether oxygens (including phenoxy) is 1. The van der Waals surface area contributed by atoms with Gasteiger partial charge in [-0.2, -0.15) is 0 Å². The van der Waals surface area contributed by atoms with Crippen molar-refractivity contribution in [1.82, 2.24) is 20.3 Å². The number of carbonyl (C=O) groups excluding carboxylic acids is 1. The molecule has 4 rings (SSSR count). The summed E-state index contributed by atoms with van der Waals surface area (Å²) in [6.45, 7) is 6.15.